The molecule has 0 aliphatic heterocycles. The standard InChI is InChI=1S/C15H19N3/c1-2-12-7-9-14(10-8-12)18(17)15-6-4-3-5-13(15)11-16/h3-10H,2,11,16-17H2,1H3. The second-order valence-corrected chi connectivity index (χ2v) is 4.22. The zero-order valence-corrected chi connectivity index (χ0v) is 10.6. The van der Waals surface area contributed by atoms with Crippen molar-refractivity contribution in [3.63, 3.8) is 0 Å². The number of hydrogen-bond acceptors (Lipinski definition) is 3. The third-order valence-corrected chi connectivity index (χ3v) is 3.09. The van der Waals surface area contributed by atoms with E-state index in [4.69, 9.17) is 11.6 Å². The Morgan fingerprint density at radius 1 is 1.00 bits per heavy atom. The summed E-state index contributed by atoms with van der Waals surface area (Å²) in [6, 6.07) is 16.2. The predicted octanol–water partition coefficient (Wildman–Crippen LogP) is 2.72. The first-order valence-electron chi connectivity index (χ1n) is 6.18. The molecule has 3 heteroatoms. The molecule has 0 unspecified atom stereocenters. The van der Waals surface area contributed by atoms with Crippen molar-refractivity contribution in [2.24, 2.45) is 11.6 Å². The van der Waals surface area contributed by atoms with Crippen molar-refractivity contribution in [1.82, 2.24) is 0 Å². The molecule has 0 fully saturated rings. The third kappa shape index (κ3) is 2.53. The normalized spacial score (nSPS) is 10.4. The molecular weight excluding hydrogens is 222 g/mol. The van der Waals surface area contributed by atoms with E-state index in [0.717, 1.165) is 23.4 Å². The number of hydrogen-bond donors (Lipinski definition) is 2. The fourth-order valence-electron chi connectivity index (χ4n) is 1.95. The summed E-state index contributed by atoms with van der Waals surface area (Å²) in [6.45, 7) is 2.62. The van der Waals surface area contributed by atoms with Crippen molar-refractivity contribution in [2.75, 3.05) is 5.01 Å². The van der Waals surface area contributed by atoms with E-state index in [1.165, 1.54) is 5.56 Å². The Balaban J connectivity index is 2.31. The maximum absolute atomic E-state index is 6.16. The first-order valence-corrected chi connectivity index (χ1v) is 6.18. The van der Waals surface area contributed by atoms with Gasteiger partial charge in [0.2, 0.25) is 0 Å². The Morgan fingerprint density at radius 3 is 2.28 bits per heavy atom. The number of benzene rings is 2. The molecule has 0 heterocycles. The van der Waals surface area contributed by atoms with Crippen LogP contribution in [0.4, 0.5) is 11.4 Å². The molecule has 0 spiro atoms. The van der Waals surface area contributed by atoms with Crippen LogP contribution in [0.3, 0.4) is 0 Å². The van der Waals surface area contributed by atoms with E-state index in [2.05, 4.69) is 19.1 Å². The minimum Gasteiger partial charge on any atom is -0.326 e. The molecule has 2 aromatic rings. The summed E-state index contributed by atoms with van der Waals surface area (Å²) < 4.78 is 0. The smallest absolute Gasteiger partial charge is 0.0620 e. The van der Waals surface area contributed by atoms with Crippen LogP contribution in [0, 0.1) is 0 Å². The van der Waals surface area contributed by atoms with Crippen LogP contribution in [-0.4, -0.2) is 0 Å². The Labute approximate surface area is 108 Å². The maximum atomic E-state index is 6.16. The van der Waals surface area contributed by atoms with E-state index in [1.807, 2.05) is 36.4 Å². The molecule has 94 valence electrons. The van der Waals surface area contributed by atoms with E-state index in [-0.39, 0.29) is 0 Å². The predicted molar refractivity (Wildman–Crippen MR) is 76.5 cm³/mol. The van der Waals surface area contributed by atoms with Crippen molar-refractivity contribution >= 4 is 11.4 Å². The van der Waals surface area contributed by atoms with Crippen LogP contribution < -0.4 is 16.6 Å². The van der Waals surface area contributed by atoms with Crippen molar-refractivity contribution in [1.29, 1.82) is 0 Å². The van der Waals surface area contributed by atoms with E-state index in [1.54, 1.807) is 5.01 Å². The Bertz CT molecular complexity index is 505. The molecular formula is C15H19N3. The molecule has 0 atom stereocenters. The average Bonchev–Trinajstić information content (AvgIpc) is 2.46. The van der Waals surface area contributed by atoms with Crippen molar-refractivity contribution in [3.05, 3.63) is 59.7 Å². The lowest BCUT2D eigenvalue weighted by Crippen LogP contribution is -2.26. The highest BCUT2D eigenvalue weighted by Crippen LogP contribution is 2.25. The van der Waals surface area contributed by atoms with Gasteiger partial charge in [-0.2, -0.15) is 0 Å². The Morgan fingerprint density at radius 2 is 1.67 bits per heavy atom. The first kappa shape index (κ1) is 12.6. The van der Waals surface area contributed by atoms with Crippen LogP contribution in [0.25, 0.3) is 0 Å². The highest BCUT2D eigenvalue weighted by atomic mass is 15.4. The van der Waals surface area contributed by atoms with Crippen molar-refractivity contribution < 1.29 is 0 Å². The van der Waals surface area contributed by atoms with Gasteiger partial charge in [-0.05, 0) is 35.7 Å². The zero-order chi connectivity index (χ0) is 13.0. The number of rotatable bonds is 4. The largest absolute Gasteiger partial charge is 0.326 e. The second kappa shape index (κ2) is 5.67. The van der Waals surface area contributed by atoms with E-state index >= 15 is 0 Å². The molecule has 3 nitrogen and oxygen atoms in total. The lowest BCUT2D eigenvalue weighted by atomic mass is 10.1. The summed E-state index contributed by atoms with van der Waals surface area (Å²) in [7, 11) is 0. The average molecular weight is 241 g/mol. The molecule has 2 rings (SSSR count). The number of nitrogens with zero attached hydrogens (tertiary/aromatic N) is 1. The second-order valence-electron chi connectivity index (χ2n) is 4.22. The number of anilines is 2. The van der Waals surface area contributed by atoms with E-state index in [0.29, 0.717) is 6.54 Å². The van der Waals surface area contributed by atoms with Gasteiger partial charge in [0.15, 0.2) is 0 Å². The number of para-hydroxylation sites is 1. The molecule has 2 aromatic carbocycles. The zero-order valence-electron chi connectivity index (χ0n) is 10.6. The van der Waals surface area contributed by atoms with Gasteiger partial charge in [0.25, 0.3) is 0 Å². The van der Waals surface area contributed by atoms with Crippen LogP contribution in [0.5, 0.6) is 0 Å². The Hall–Kier alpha value is -1.84. The quantitative estimate of drug-likeness (QED) is 0.639. The SMILES string of the molecule is CCc1ccc(N(N)c2ccccc2CN)cc1. The van der Waals surface area contributed by atoms with Crippen molar-refractivity contribution in [3.8, 4) is 0 Å². The monoisotopic (exact) mass is 241 g/mol. The van der Waals surface area contributed by atoms with Gasteiger partial charge < -0.3 is 5.73 Å². The van der Waals surface area contributed by atoms with Gasteiger partial charge in [-0.15, -0.1) is 0 Å². The summed E-state index contributed by atoms with van der Waals surface area (Å²) in [4.78, 5) is 0. The van der Waals surface area contributed by atoms with Crippen LogP contribution in [0.1, 0.15) is 18.1 Å². The molecule has 0 bridgehead atoms. The summed E-state index contributed by atoms with van der Waals surface area (Å²) in [5, 5.41) is 1.68. The number of hydrazine groups is 1. The van der Waals surface area contributed by atoms with Gasteiger partial charge in [-0.25, -0.2) is 5.84 Å². The Kier molecular flexibility index (Phi) is 3.97. The molecule has 0 aliphatic rings. The molecule has 4 N–H and O–H groups in total. The molecule has 0 aliphatic carbocycles. The third-order valence-electron chi connectivity index (χ3n) is 3.09. The number of aryl methyl sites for hydroxylation is 1. The summed E-state index contributed by atoms with van der Waals surface area (Å²) in [5.41, 5.74) is 9.99. The summed E-state index contributed by atoms with van der Waals surface area (Å²) in [6.07, 6.45) is 1.03. The van der Waals surface area contributed by atoms with Gasteiger partial charge in [-0.3, -0.25) is 5.01 Å². The minimum absolute atomic E-state index is 0.483. The van der Waals surface area contributed by atoms with Gasteiger partial charge in [0.1, 0.15) is 0 Å². The van der Waals surface area contributed by atoms with E-state index < -0.39 is 0 Å². The molecule has 0 amide bonds. The minimum atomic E-state index is 0.483. The van der Waals surface area contributed by atoms with Crippen molar-refractivity contribution in [2.45, 2.75) is 19.9 Å². The highest BCUT2D eigenvalue weighted by Gasteiger charge is 2.08. The van der Waals surface area contributed by atoms with E-state index in [9.17, 15) is 0 Å². The van der Waals surface area contributed by atoms with Crippen LogP contribution in [-0.2, 0) is 13.0 Å². The molecule has 0 radical (unpaired) electrons. The number of nitrogens with two attached hydrogens (primary N) is 2. The highest BCUT2D eigenvalue weighted by molar-refractivity contribution is 5.65. The first-order chi connectivity index (χ1) is 8.76. The lowest BCUT2D eigenvalue weighted by Gasteiger charge is -2.21. The fourth-order valence-corrected chi connectivity index (χ4v) is 1.95. The van der Waals surface area contributed by atoms with Crippen LogP contribution in [0.2, 0.25) is 0 Å². The summed E-state index contributed by atoms with van der Waals surface area (Å²) in [5.74, 6) is 6.16. The molecule has 0 saturated heterocycles. The van der Waals surface area contributed by atoms with Gasteiger partial charge in [-0.1, -0.05) is 37.3 Å². The lowest BCUT2D eigenvalue weighted by molar-refractivity contribution is 1.01. The molecule has 0 aromatic heterocycles. The summed E-state index contributed by atoms with van der Waals surface area (Å²) >= 11 is 0. The van der Waals surface area contributed by atoms with Crippen LogP contribution >= 0.6 is 0 Å². The van der Waals surface area contributed by atoms with Gasteiger partial charge in [0.05, 0.1) is 11.4 Å². The van der Waals surface area contributed by atoms with Gasteiger partial charge in [0, 0.05) is 6.54 Å². The molecule has 18 heavy (non-hydrogen) atoms. The maximum Gasteiger partial charge on any atom is 0.0620 e. The van der Waals surface area contributed by atoms with Gasteiger partial charge >= 0.3 is 0 Å². The van der Waals surface area contributed by atoms with Crippen LogP contribution in [0.15, 0.2) is 48.5 Å². The fraction of sp³-hybridized carbons (Fsp3) is 0.200. The topological polar surface area (TPSA) is 55.3 Å². The molecule has 0 saturated carbocycles.